The monoisotopic (exact) mass is 826 g/mol. The molecule has 0 radical (unpaired) electrons. The summed E-state index contributed by atoms with van der Waals surface area (Å²) in [5.74, 6) is -3.01. The Morgan fingerprint density at radius 2 is 1.78 bits per heavy atom. The summed E-state index contributed by atoms with van der Waals surface area (Å²) in [7, 11) is 3.48. The third kappa shape index (κ3) is 6.59. The maximum Gasteiger partial charge on any atom is 0.301 e. The molecule has 10 rings (SSSR count). The minimum atomic E-state index is -3.13. The van der Waals surface area contributed by atoms with Gasteiger partial charge < -0.3 is 30.2 Å². The number of alkyl halides is 2. The van der Waals surface area contributed by atoms with E-state index in [9.17, 15) is 14.4 Å². The van der Waals surface area contributed by atoms with Gasteiger partial charge in [0.05, 0.1) is 40.6 Å². The van der Waals surface area contributed by atoms with Crippen LogP contribution in [0, 0.1) is 17.3 Å². The first-order chi connectivity index (χ1) is 28.3. The minimum Gasteiger partial charge on any atom is -0.480 e. The summed E-state index contributed by atoms with van der Waals surface area (Å²) in [5.41, 5.74) is 3.78. The maximum atomic E-state index is 15.2. The van der Waals surface area contributed by atoms with Crippen LogP contribution < -0.4 is 36.5 Å². The zero-order valence-corrected chi connectivity index (χ0v) is 33.7. The van der Waals surface area contributed by atoms with E-state index in [1.54, 1.807) is 31.4 Å². The largest absolute Gasteiger partial charge is 0.480 e. The quantitative estimate of drug-likeness (QED) is 0.134. The number of piperidine rings is 1. The molecule has 4 fully saturated rings. The van der Waals surface area contributed by atoms with Crippen molar-refractivity contribution in [3.63, 3.8) is 0 Å². The highest BCUT2D eigenvalue weighted by Gasteiger charge is 2.51. The van der Waals surface area contributed by atoms with Crippen molar-refractivity contribution in [2.45, 2.75) is 75.8 Å². The fourth-order valence-corrected chi connectivity index (χ4v) is 10.0. The molecule has 0 bridgehead atoms. The second kappa shape index (κ2) is 13.8. The standard InChI is InChI=1S/C42H45ClF2N10O4/c1-21-16-41(13-12-29(21)47-24-6-8-25-31(15-24)54(3)52-33(25)26-9-11-32(56)49-38(26)57)18-55(19-41)40-46-17-28(43)37(51-40)48-23-7-10-30-27(14-23)34-35(39(58)53(30)2)59-20-42(44,45)36(50-34)22-4-5-22/h6-8,10,14-15,17,21-22,26,29,36,47,50H,4-5,9,11-13,16,18-20H2,1-3H3,(H,46,48,51)(H,49,56,57)/t21-,26?,29+,36+/m1/s1. The second-order valence-corrected chi connectivity index (χ2v) is 17.8. The lowest BCUT2D eigenvalue weighted by Crippen LogP contribution is -2.60. The van der Waals surface area contributed by atoms with Crippen LogP contribution in [-0.4, -0.2) is 73.8 Å². The highest BCUT2D eigenvalue weighted by Crippen LogP contribution is 2.49. The summed E-state index contributed by atoms with van der Waals surface area (Å²) >= 11 is 6.63. The van der Waals surface area contributed by atoms with E-state index in [4.69, 9.17) is 26.4 Å². The number of benzene rings is 2. The van der Waals surface area contributed by atoms with Gasteiger partial charge in [-0.3, -0.25) is 24.4 Å². The number of aryl methyl sites for hydroxylation is 2. The van der Waals surface area contributed by atoms with E-state index in [0.29, 0.717) is 70.7 Å². The lowest BCUT2D eigenvalue weighted by molar-refractivity contribution is -0.134. The normalized spacial score (nSPS) is 24.8. The molecule has 1 unspecified atom stereocenters. The number of halogens is 3. The molecule has 3 aromatic heterocycles. The molecule has 6 heterocycles. The number of hydrogen-bond acceptors (Lipinski definition) is 11. The first-order valence-electron chi connectivity index (χ1n) is 20.3. The summed E-state index contributed by atoms with van der Waals surface area (Å²) in [4.78, 5) is 49.1. The molecule has 2 saturated heterocycles. The molecule has 14 nitrogen and oxygen atoms in total. The Hall–Kier alpha value is -5.51. The molecule has 5 aromatic rings. The molecule has 2 saturated carbocycles. The molecule has 5 aliphatic rings. The number of pyridine rings is 1. The number of amides is 2. The smallest absolute Gasteiger partial charge is 0.301 e. The summed E-state index contributed by atoms with van der Waals surface area (Å²) in [5, 5.41) is 19.1. The number of carbonyl (C=O) groups excluding carboxylic acids is 2. The molecule has 4 N–H and O–H groups in total. The number of nitrogens with zero attached hydrogens (tertiary/aromatic N) is 6. The highest BCUT2D eigenvalue weighted by atomic mass is 35.5. The summed E-state index contributed by atoms with van der Waals surface area (Å²) in [6, 6.07) is 10.7. The van der Waals surface area contributed by atoms with E-state index < -0.39 is 30.0 Å². The van der Waals surface area contributed by atoms with Crippen molar-refractivity contribution in [2.75, 3.05) is 40.5 Å². The van der Waals surface area contributed by atoms with Gasteiger partial charge in [0.25, 0.3) is 5.56 Å². The third-order valence-electron chi connectivity index (χ3n) is 13.2. The Balaban J connectivity index is 0.814. The molecule has 3 aliphatic heterocycles. The number of aromatic nitrogens is 5. The van der Waals surface area contributed by atoms with Crippen LogP contribution in [0.3, 0.4) is 0 Å². The first-order valence-corrected chi connectivity index (χ1v) is 20.7. The van der Waals surface area contributed by atoms with Gasteiger partial charge in [0.2, 0.25) is 23.5 Å². The van der Waals surface area contributed by atoms with Crippen LogP contribution in [0.1, 0.15) is 63.5 Å². The summed E-state index contributed by atoms with van der Waals surface area (Å²) in [6.45, 7) is 3.08. The van der Waals surface area contributed by atoms with Crippen LogP contribution in [0.2, 0.25) is 5.02 Å². The third-order valence-corrected chi connectivity index (χ3v) is 13.4. The number of nitrogens with one attached hydrogen (secondary N) is 4. The lowest BCUT2D eigenvalue weighted by atomic mass is 9.64. The zero-order chi connectivity index (χ0) is 41.0. The predicted molar refractivity (Wildman–Crippen MR) is 221 cm³/mol. The second-order valence-electron chi connectivity index (χ2n) is 17.4. The van der Waals surface area contributed by atoms with Crippen molar-refractivity contribution in [2.24, 2.45) is 31.3 Å². The van der Waals surface area contributed by atoms with Gasteiger partial charge in [-0.1, -0.05) is 18.5 Å². The summed E-state index contributed by atoms with van der Waals surface area (Å²) in [6.07, 6.45) is 6.85. The van der Waals surface area contributed by atoms with Gasteiger partial charge in [-0.15, -0.1) is 0 Å². The Morgan fingerprint density at radius 1 is 0.983 bits per heavy atom. The van der Waals surface area contributed by atoms with Crippen LogP contribution >= 0.6 is 11.6 Å². The topological polar surface area (TPSA) is 160 Å². The molecule has 2 aromatic carbocycles. The highest BCUT2D eigenvalue weighted by molar-refractivity contribution is 6.33. The van der Waals surface area contributed by atoms with E-state index in [1.165, 1.54) is 4.57 Å². The molecule has 59 heavy (non-hydrogen) atoms. The molecule has 2 amide bonds. The Bertz CT molecular complexity index is 2620. The number of fused-ring (bicyclic) bond motifs is 4. The van der Waals surface area contributed by atoms with Crippen LogP contribution in [-0.2, 0) is 23.7 Å². The first kappa shape index (κ1) is 37.7. The number of anilines is 5. The van der Waals surface area contributed by atoms with Crippen LogP contribution in [0.15, 0.2) is 47.4 Å². The van der Waals surface area contributed by atoms with E-state index >= 15 is 8.78 Å². The van der Waals surface area contributed by atoms with Gasteiger partial charge in [0.1, 0.15) is 5.02 Å². The van der Waals surface area contributed by atoms with Gasteiger partial charge in [-0.2, -0.15) is 10.1 Å². The zero-order valence-electron chi connectivity index (χ0n) is 32.9. The molecule has 2 aliphatic carbocycles. The molecule has 17 heteroatoms. The van der Waals surface area contributed by atoms with Crippen molar-refractivity contribution in [3.8, 4) is 5.75 Å². The van der Waals surface area contributed by atoms with Crippen molar-refractivity contribution in [1.82, 2.24) is 29.6 Å². The van der Waals surface area contributed by atoms with Gasteiger partial charge in [0, 0.05) is 67.2 Å². The SMILES string of the molecule is C[C@@H]1CC2(CC[C@@H]1Nc1ccc3c(C4CCC(=O)NC4=O)nn(C)c3c1)CN(c1ncc(Cl)c(Nc3ccc4c(c3)c3c(c(=O)n4C)OCC(F)(F)[C@H](C4CC4)N3)n1)C2. The molecular formula is C42H45ClF2N10O4. The fraction of sp³-hybridized carbons (Fsp3) is 0.476. The van der Waals surface area contributed by atoms with Crippen molar-refractivity contribution in [1.29, 1.82) is 0 Å². The average Bonchev–Trinajstić information content (AvgIpc) is 4.00. The number of ether oxygens (including phenoxy) is 1. The van der Waals surface area contributed by atoms with E-state index in [0.717, 1.165) is 48.9 Å². The van der Waals surface area contributed by atoms with Gasteiger partial charge in [-0.05, 0) is 86.8 Å². The van der Waals surface area contributed by atoms with E-state index in [-0.39, 0.29) is 40.6 Å². The Labute approximate surface area is 343 Å². The van der Waals surface area contributed by atoms with E-state index in [2.05, 4.69) is 50.2 Å². The van der Waals surface area contributed by atoms with Gasteiger partial charge in [-0.25, -0.2) is 13.8 Å². The van der Waals surface area contributed by atoms with Gasteiger partial charge in [0.15, 0.2) is 12.4 Å². The molecule has 4 atom stereocenters. The lowest BCUT2D eigenvalue weighted by Gasteiger charge is -2.55. The minimum absolute atomic E-state index is 0.110. The maximum absolute atomic E-state index is 15.2. The molecule has 308 valence electrons. The predicted octanol–water partition coefficient (Wildman–Crippen LogP) is 6.46. The van der Waals surface area contributed by atoms with Crippen LogP contribution in [0.25, 0.3) is 21.8 Å². The van der Waals surface area contributed by atoms with Gasteiger partial charge >= 0.3 is 5.92 Å². The number of rotatable bonds is 7. The Morgan fingerprint density at radius 3 is 2.54 bits per heavy atom. The van der Waals surface area contributed by atoms with Crippen molar-refractivity contribution >= 4 is 74.0 Å². The van der Waals surface area contributed by atoms with Crippen LogP contribution in [0.4, 0.5) is 37.6 Å². The van der Waals surface area contributed by atoms with Crippen molar-refractivity contribution in [3.05, 3.63) is 63.7 Å². The van der Waals surface area contributed by atoms with Crippen molar-refractivity contribution < 1.29 is 23.1 Å². The number of imide groups is 1. The van der Waals surface area contributed by atoms with E-state index in [1.807, 2.05) is 17.8 Å². The summed E-state index contributed by atoms with van der Waals surface area (Å²) < 4.78 is 39.1. The number of carbonyl (C=O) groups is 2. The number of hydrogen-bond donors (Lipinski definition) is 4. The molecule has 1 spiro atoms. The fourth-order valence-electron chi connectivity index (χ4n) is 9.90. The molecular weight excluding hydrogens is 782 g/mol. The average molecular weight is 827 g/mol. The van der Waals surface area contributed by atoms with Crippen LogP contribution in [0.5, 0.6) is 5.75 Å². The Kier molecular flexibility index (Phi) is 8.82.